The Kier molecular flexibility index (Phi) is 5.61. The molecule has 0 saturated heterocycles. The van der Waals surface area contributed by atoms with E-state index in [0.717, 1.165) is 12.8 Å². The molecule has 0 spiro atoms. The number of nitrogens with zero attached hydrogens (tertiary/aromatic N) is 1. The summed E-state index contributed by atoms with van der Waals surface area (Å²) in [5.41, 5.74) is 0.201. The minimum atomic E-state index is -3.66. The smallest absolute Gasteiger partial charge is 0.251 e. The second kappa shape index (κ2) is 7.31. The molecular weight excluding hydrogens is 330 g/mol. The van der Waals surface area contributed by atoms with Crippen molar-refractivity contribution in [3.63, 3.8) is 0 Å². The lowest BCUT2D eigenvalue weighted by Gasteiger charge is -2.21. The highest BCUT2D eigenvalue weighted by Crippen LogP contribution is 2.19. The van der Waals surface area contributed by atoms with Crippen LogP contribution in [0.25, 0.3) is 0 Å². The SMILES string of the molecule is CC(C)N(C)S(=O)(=O)c1cccc(C(=O)NCC(=O)NC2CC2)c1. The van der Waals surface area contributed by atoms with Gasteiger partial charge >= 0.3 is 0 Å². The Bertz CT molecular complexity index is 727. The minimum absolute atomic E-state index is 0.0498. The van der Waals surface area contributed by atoms with Gasteiger partial charge in [-0.05, 0) is 44.9 Å². The fourth-order valence-electron chi connectivity index (χ4n) is 2.01. The maximum atomic E-state index is 12.5. The first-order valence-electron chi connectivity index (χ1n) is 7.87. The number of carbonyl (C=O) groups excluding carboxylic acids is 2. The van der Waals surface area contributed by atoms with Gasteiger partial charge in [-0.15, -0.1) is 0 Å². The summed E-state index contributed by atoms with van der Waals surface area (Å²) in [7, 11) is -2.16. The number of hydrogen-bond acceptors (Lipinski definition) is 4. The van der Waals surface area contributed by atoms with Gasteiger partial charge in [0.1, 0.15) is 0 Å². The molecule has 1 aromatic carbocycles. The number of rotatable bonds is 7. The second-order valence-corrected chi connectivity index (χ2v) is 8.16. The summed E-state index contributed by atoms with van der Waals surface area (Å²) in [6.45, 7) is 3.41. The molecular formula is C16H23N3O4S. The lowest BCUT2D eigenvalue weighted by molar-refractivity contribution is -0.120. The first-order chi connectivity index (χ1) is 11.2. The van der Waals surface area contributed by atoms with Crippen LogP contribution < -0.4 is 10.6 Å². The molecule has 132 valence electrons. The van der Waals surface area contributed by atoms with E-state index in [2.05, 4.69) is 10.6 Å². The molecule has 2 rings (SSSR count). The van der Waals surface area contributed by atoms with E-state index in [1.54, 1.807) is 13.8 Å². The van der Waals surface area contributed by atoms with Gasteiger partial charge in [-0.3, -0.25) is 9.59 Å². The molecule has 0 bridgehead atoms. The average Bonchev–Trinajstić information content (AvgIpc) is 3.35. The van der Waals surface area contributed by atoms with Gasteiger partial charge in [-0.1, -0.05) is 6.07 Å². The lowest BCUT2D eigenvalue weighted by atomic mass is 10.2. The normalized spacial score (nSPS) is 14.7. The number of hydrogen-bond donors (Lipinski definition) is 2. The summed E-state index contributed by atoms with van der Waals surface area (Å²) in [5, 5.41) is 5.27. The predicted octanol–water partition coefficient (Wildman–Crippen LogP) is 0.724. The maximum Gasteiger partial charge on any atom is 0.251 e. The van der Waals surface area contributed by atoms with Crippen LogP contribution in [0.5, 0.6) is 0 Å². The molecule has 1 saturated carbocycles. The summed E-state index contributed by atoms with van der Waals surface area (Å²) < 4.78 is 26.2. The van der Waals surface area contributed by atoms with Crippen molar-refractivity contribution in [1.29, 1.82) is 0 Å². The molecule has 24 heavy (non-hydrogen) atoms. The van der Waals surface area contributed by atoms with E-state index < -0.39 is 15.9 Å². The van der Waals surface area contributed by atoms with Crippen molar-refractivity contribution in [2.24, 2.45) is 0 Å². The summed E-state index contributed by atoms with van der Waals surface area (Å²) >= 11 is 0. The molecule has 0 atom stereocenters. The first-order valence-corrected chi connectivity index (χ1v) is 9.31. The minimum Gasteiger partial charge on any atom is -0.352 e. The van der Waals surface area contributed by atoms with E-state index in [9.17, 15) is 18.0 Å². The molecule has 1 fully saturated rings. The fourth-order valence-corrected chi connectivity index (χ4v) is 3.42. The van der Waals surface area contributed by atoms with Crippen LogP contribution in [0.4, 0.5) is 0 Å². The van der Waals surface area contributed by atoms with Crippen LogP contribution in [0.2, 0.25) is 0 Å². The third kappa shape index (κ3) is 4.55. The Morgan fingerprint density at radius 1 is 1.29 bits per heavy atom. The molecule has 0 radical (unpaired) electrons. The predicted molar refractivity (Wildman–Crippen MR) is 90.0 cm³/mol. The van der Waals surface area contributed by atoms with Gasteiger partial charge < -0.3 is 10.6 Å². The van der Waals surface area contributed by atoms with Crippen molar-refractivity contribution < 1.29 is 18.0 Å². The summed E-state index contributed by atoms with van der Waals surface area (Å²) in [6, 6.07) is 5.84. The molecule has 7 nitrogen and oxygen atoms in total. The van der Waals surface area contributed by atoms with Gasteiger partial charge in [0, 0.05) is 24.7 Å². The average molecular weight is 353 g/mol. The summed E-state index contributed by atoms with van der Waals surface area (Å²) in [6.07, 6.45) is 1.95. The number of amides is 2. The van der Waals surface area contributed by atoms with Crippen LogP contribution in [0.1, 0.15) is 37.0 Å². The number of sulfonamides is 1. The van der Waals surface area contributed by atoms with E-state index >= 15 is 0 Å². The molecule has 0 heterocycles. The zero-order valence-corrected chi connectivity index (χ0v) is 14.9. The Labute approximate surface area is 142 Å². The van der Waals surface area contributed by atoms with Gasteiger partial charge in [-0.2, -0.15) is 4.31 Å². The van der Waals surface area contributed by atoms with Gasteiger partial charge in [0.25, 0.3) is 5.91 Å². The molecule has 2 amide bonds. The Morgan fingerprint density at radius 2 is 1.96 bits per heavy atom. The van der Waals surface area contributed by atoms with Gasteiger partial charge in [-0.25, -0.2) is 8.42 Å². The Hall–Kier alpha value is -1.93. The second-order valence-electron chi connectivity index (χ2n) is 6.17. The van der Waals surface area contributed by atoms with E-state index in [1.165, 1.54) is 35.6 Å². The highest BCUT2D eigenvalue weighted by atomic mass is 32.2. The highest BCUT2D eigenvalue weighted by Gasteiger charge is 2.25. The van der Waals surface area contributed by atoms with Crippen LogP contribution in [-0.4, -0.2) is 50.2 Å². The summed E-state index contributed by atoms with van der Waals surface area (Å²) in [4.78, 5) is 23.8. The largest absolute Gasteiger partial charge is 0.352 e. The molecule has 8 heteroatoms. The van der Waals surface area contributed by atoms with E-state index in [1.807, 2.05) is 0 Å². The maximum absolute atomic E-state index is 12.5. The van der Waals surface area contributed by atoms with Gasteiger partial charge in [0.15, 0.2) is 0 Å². The first kappa shape index (κ1) is 18.4. The van der Waals surface area contributed by atoms with Crippen LogP contribution in [-0.2, 0) is 14.8 Å². The molecule has 1 aliphatic rings. The van der Waals surface area contributed by atoms with Crippen molar-refractivity contribution in [3.8, 4) is 0 Å². The highest BCUT2D eigenvalue weighted by molar-refractivity contribution is 7.89. The van der Waals surface area contributed by atoms with Gasteiger partial charge in [0.05, 0.1) is 11.4 Å². The van der Waals surface area contributed by atoms with Crippen LogP contribution in [0, 0.1) is 0 Å². The third-order valence-electron chi connectivity index (χ3n) is 3.85. The molecule has 1 aromatic rings. The Balaban J connectivity index is 2.06. The van der Waals surface area contributed by atoms with Crippen LogP contribution in [0.3, 0.4) is 0 Å². The summed E-state index contributed by atoms with van der Waals surface area (Å²) in [5.74, 6) is -0.723. The number of benzene rings is 1. The van der Waals surface area contributed by atoms with Crippen molar-refractivity contribution in [2.45, 2.75) is 43.7 Å². The number of nitrogens with one attached hydrogen (secondary N) is 2. The van der Waals surface area contributed by atoms with Crippen molar-refractivity contribution >= 4 is 21.8 Å². The topological polar surface area (TPSA) is 95.6 Å². The lowest BCUT2D eigenvalue weighted by Crippen LogP contribution is -2.38. The zero-order chi connectivity index (χ0) is 17.9. The van der Waals surface area contributed by atoms with Crippen molar-refractivity contribution in [3.05, 3.63) is 29.8 Å². The standard InChI is InChI=1S/C16H23N3O4S/c1-11(2)19(3)24(22,23)14-6-4-5-12(9-14)16(21)17-10-15(20)18-13-7-8-13/h4-6,9,11,13H,7-8,10H2,1-3H3,(H,17,21)(H,18,20). The molecule has 2 N–H and O–H groups in total. The fraction of sp³-hybridized carbons (Fsp3) is 0.500. The van der Waals surface area contributed by atoms with E-state index in [-0.39, 0.29) is 35.0 Å². The molecule has 1 aliphatic carbocycles. The molecule has 0 aliphatic heterocycles. The van der Waals surface area contributed by atoms with Crippen molar-refractivity contribution in [2.75, 3.05) is 13.6 Å². The molecule has 0 unspecified atom stereocenters. The number of carbonyl (C=O) groups is 2. The monoisotopic (exact) mass is 353 g/mol. The third-order valence-corrected chi connectivity index (χ3v) is 5.88. The quantitative estimate of drug-likeness (QED) is 0.755. The van der Waals surface area contributed by atoms with Gasteiger partial charge in [0.2, 0.25) is 15.9 Å². The van der Waals surface area contributed by atoms with E-state index in [0.29, 0.717) is 0 Å². The van der Waals surface area contributed by atoms with Crippen LogP contribution in [0.15, 0.2) is 29.2 Å². The molecule has 0 aromatic heterocycles. The zero-order valence-electron chi connectivity index (χ0n) is 14.1. The van der Waals surface area contributed by atoms with E-state index in [4.69, 9.17) is 0 Å². The van der Waals surface area contributed by atoms with Crippen LogP contribution >= 0.6 is 0 Å². The van der Waals surface area contributed by atoms with Crippen molar-refractivity contribution in [1.82, 2.24) is 14.9 Å². The Morgan fingerprint density at radius 3 is 2.54 bits per heavy atom.